The number of rotatable bonds is 6. The molecule has 0 radical (unpaired) electrons. The molecular weight excluding hydrogens is 360 g/mol. The lowest BCUT2D eigenvalue weighted by Crippen LogP contribution is -2.20. The quantitative estimate of drug-likeness (QED) is 0.523. The molecule has 8 heteroatoms. The maximum atomic E-state index is 12.6. The number of hydrazone groups is 1. The lowest BCUT2D eigenvalue weighted by molar-refractivity contribution is 0.0948. The van der Waals surface area contributed by atoms with Crippen LogP contribution in [0.3, 0.4) is 0 Å². The molecule has 0 unspecified atom stereocenters. The Morgan fingerprint density at radius 2 is 1.79 bits per heavy atom. The second-order valence-electron chi connectivity index (χ2n) is 6.14. The van der Waals surface area contributed by atoms with E-state index in [1.54, 1.807) is 23.5 Å². The lowest BCUT2D eigenvalue weighted by Gasteiger charge is -2.12. The summed E-state index contributed by atoms with van der Waals surface area (Å²) in [7, 11) is 4.61. The summed E-state index contributed by atoms with van der Waals surface area (Å²) < 4.78 is 17.7. The van der Waals surface area contributed by atoms with E-state index in [4.69, 9.17) is 14.2 Å². The highest BCUT2D eigenvalue weighted by Crippen LogP contribution is 2.37. The van der Waals surface area contributed by atoms with E-state index < -0.39 is 0 Å². The number of amides is 1. The van der Waals surface area contributed by atoms with E-state index in [1.165, 1.54) is 27.5 Å². The molecule has 0 fully saturated rings. The largest absolute Gasteiger partial charge is 0.493 e. The molecule has 0 spiro atoms. The number of pyridine rings is 1. The Kier molecular flexibility index (Phi) is 5.49. The number of imidazole rings is 1. The Hall–Kier alpha value is -3.55. The van der Waals surface area contributed by atoms with E-state index in [1.807, 2.05) is 25.3 Å². The predicted molar refractivity (Wildman–Crippen MR) is 106 cm³/mol. The highest BCUT2D eigenvalue weighted by Gasteiger charge is 2.16. The Morgan fingerprint density at radius 3 is 2.39 bits per heavy atom. The van der Waals surface area contributed by atoms with Gasteiger partial charge >= 0.3 is 0 Å². The average molecular weight is 382 g/mol. The highest BCUT2D eigenvalue weighted by molar-refractivity contribution is 5.95. The van der Waals surface area contributed by atoms with Crippen molar-refractivity contribution < 1.29 is 19.0 Å². The van der Waals surface area contributed by atoms with Crippen molar-refractivity contribution in [1.82, 2.24) is 14.8 Å². The first-order valence-electron chi connectivity index (χ1n) is 8.57. The zero-order chi connectivity index (χ0) is 20.3. The van der Waals surface area contributed by atoms with Crippen LogP contribution in [-0.2, 0) is 0 Å². The topological polar surface area (TPSA) is 86.5 Å². The van der Waals surface area contributed by atoms with Crippen LogP contribution in [0.4, 0.5) is 0 Å². The van der Waals surface area contributed by atoms with Gasteiger partial charge in [-0.15, -0.1) is 0 Å². The lowest BCUT2D eigenvalue weighted by atomic mass is 10.2. The predicted octanol–water partition coefficient (Wildman–Crippen LogP) is 2.74. The molecule has 3 rings (SSSR count). The van der Waals surface area contributed by atoms with Crippen LogP contribution >= 0.6 is 0 Å². The summed E-state index contributed by atoms with van der Waals surface area (Å²) in [5.74, 6) is 1.15. The van der Waals surface area contributed by atoms with Crippen molar-refractivity contribution >= 4 is 17.8 Å². The van der Waals surface area contributed by atoms with Gasteiger partial charge in [0.1, 0.15) is 11.3 Å². The van der Waals surface area contributed by atoms with Gasteiger partial charge in [0.15, 0.2) is 11.5 Å². The van der Waals surface area contributed by atoms with Gasteiger partial charge in [-0.2, -0.15) is 5.10 Å². The molecule has 0 bridgehead atoms. The van der Waals surface area contributed by atoms with Gasteiger partial charge < -0.3 is 14.2 Å². The third kappa shape index (κ3) is 3.62. The number of nitrogens with zero attached hydrogens (tertiary/aromatic N) is 3. The second kappa shape index (κ2) is 7.99. The summed E-state index contributed by atoms with van der Waals surface area (Å²) in [4.78, 5) is 17.0. The summed E-state index contributed by atoms with van der Waals surface area (Å²) in [5.41, 5.74) is 6.04. The molecule has 2 aromatic heterocycles. The van der Waals surface area contributed by atoms with E-state index in [-0.39, 0.29) is 5.91 Å². The van der Waals surface area contributed by atoms with Crippen molar-refractivity contribution in [1.29, 1.82) is 0 Å². The van der Waals surface area contributed by atoms with Crippen molar-refractivity contribution in [3.8, 4) is 17.2 Å². The maximum absolute atomic E-state index is 12.6. The fraction of sp³-hybridized carbons (Fsp3) is 0.250. The Balaban J connectivity index is 1.85. The van der Waals surface area contributed by atoms with E-state index >= 15 is 0 Å². The molecule has 8 nitrogen and oxygen atoms in total. The molecule has 0 aliphatic heterocycles. The molecule has 0 saturated heterocycles. The highest BCUT2D eigenvalue weighted by atomic mass is 16.5. The van der Waals surface area contributed by atoms with Crippen LogP contribution in [0.25, 0.3) is 5.65 Å². The number of methoxy groups -OCH3 is 3. The van der Waals surface area contributed by atoms with Gasteiger partial charge in [0, 0.05) is 11.8 Å². The zero-order valence-corrected chi connectivity index (χ0v) is 16.4. The van der Waals surface area contributed by atoms with Gasteiger partial charge in [-0.1, -0.05) is 6.07 Å². The Labute approximate surface area is 162 Å². The van der Waals surface area contributed by atoms with E-state index in [2.05, 4.69) is 15.5 Å². The number of carbonyl (C=O) groups is 1. The summed E-state index contributed by atoms with van der Waals surface area (Å²) in [6.45, 7) is 3.75. The SMILES string of the molecule is COc1cc(/C=N\NC(=O)c2c(C)nc3ccc(C)cn23)cc(OC)c1OC. The van der Waals surface area contributed by atoms with Crippen molar-refractivity contribution in [2.45, 2.75) is 13.8 Å². The second-order valence-corrected chi connectivity index (χ2v) is 6.14. The van der Waals surface area contributed by atoms with Crippen molar-refractivity contribution in [2.75, 3.05) is 21.3 Å². The number of fused-ring (bicyclic) bond motifs is 1. The van der Waals surface area contributed by atoms with Crippen molar-refractivity contribution in [2.24, 2.45) is 5.10 Å². The van der Waals surface area contributed by atoms with Gasteiger partial charge in [0.05, 0.1) is 33.2 Å². The molecule has 0 saturated carbocycles. The van der Waals surface area contributed by atoms with Gasteiger partial charge in [-0.05, 0) is 37.6 Å². The monoisotopic (exact) mass is 382 g/mol. The Bertz CT molecular complexity index is 1030. The number of hydrogen-bond donors (Lipinski definition) is 1. The number of hydrogen-bond acceptors (Lipinski definition) is 6. The molecule has 0 atom stereocenters. The maximum Gasteiger partial charge on any atom is 0.290 e. The van der Waals surface area contributed by atoms with Crippen LogP contribution in [0, 0.1) is 13.8 Å². The number of benzene rings is 1. The van der Waals surface area contributed by atoms with Gasteiger partial charge in [0.2, 0.25) is 5.75 Å². The fourth-order valence-corrected chi connectivity index (χ4v) is 2.94. The molecule has 1 aromatic carbocycles. The molecular formula is C20H22N4O4. The van der Waals surface area contributed by atoms with Gasteiger partial charge in [-0.25, -0.2) is 10.4 Å². The van der Waals surface area contributed by atoms with Crippen LogP contribution in [-0.4, -0.2) is 42.8 Å². The molecule has 3 aromatic rings. The van der Waals surface area contributed by atoms with E-state index in [0.717, 1.165) is 5.56 Å². The first-order chi connectivity index (χ1) is 13.5. The van der Waals surface area contributed by atoms with E-state index in [0.29, 0.717) is 39.8 Å². The number of carbonyl (C=O) groups excluding carboxylic acids is 1. The number of ether oxygens (including phenoxy) is 3. The zero-order valence-electron chi connectivity index (χ0n) is 16.4. The molecule has 1 amide bonds. The average Bonchev–Trinajstić information content (AvgIpc) is 3.01. The molecule has 1 N–H and O–H groups in total. The minimum absolute atomic E-state index is 0.348. The van der Waals surface area contributed by atoms with Crippen LogP contribution in [0.2, 0.25) is 0 Å². The van der Waals surface area contributed by atoms with E-state index in [9.17, 15) is 4.79 Å². The van der Waals surface area contributed by atoms with Gasteiger partial charge in [-0.3, -0.25) is 9.20 Å². The minimum Gasteiger partial charge on any atom is -0.493 e. The first-order valence-corrected chi connectivity index (χ1v) is 8.57. The molecule has 0 aliphatic carbocycles. The Morgan fingerprint density at radius 1 is 1.11 bits per heavy atom. The summed E-state index contributed by atoms with van der Waals surface area (Å²) in [5, 5.41) is 4.06. The standard InChI is InChI=1S/C20H22N4O4/c1-12-6-7-17-22-13(2)18(24(17)11-12)20(25)23-21-10-14-8-15(26-3)19(28-5)16(9-14)27-4/h6-11H,1-5H3,(H,23,25)/b21-10-. The van der Waals surface area contributed by atoms with Gasteiger partial charge in [0.25, 0.3) is 5.91 Å². The summed E-state index contributed by atoms with van der Waals surface area (Å²) >= 11 is 0. The number of aromatic nitrogens is 2. The van der Waals surface area contributed by atoms with Crippen LogP contribution < -0.4 is 19.6 Å². The van der Waals surface area contributed by atoms with Crippen LogP contribution in [0.1, 0.15) is 27.3 Å². The molecule has 28 heavy (non-hydrogen) atoms. The fourth-order valence-electron chi connectivity index (χ4n) is 2.94. The summed E-state index contributed by atoms with van der Waals surface area (Å²) in [6.07, 6.45) is 3.37. The van der Waals surface area contributed by atoms with Crippen LogP contribution in [0.15, 0.2) is 35.6 Å². The molecule has 0 aliphatic rings. The third-order valence-electron chi connectivity index (χ3n) is 4.22. The normalized spacial score (nSPS) is 11.0. The minimum atomic E-state index is -0.348. The van der Waals surface area contributed by atoms with Crippen LogP contribution in [0.5, 0.6) is 17.2 Å². The molecule has 146 valence electrons. The molecule has 2 heterocycles. The van der Waals surface area contributed by atoms with Crippen molar-refractivity contribution in [3.63, 3.8) is 0 Å². The first kappa shape index (κ1) is 19.2. The third-order valence-corrected chi connectivity index (χ3v) is 4.22. The smallest absolute Gasteiger partial charge is 0.290 e. The number of nitrogens with one attached hydrogen (secondary N) is 1. The van der Waals surface area contributed by atoms with Crippen molar-refractivity contribution in [3.05, 3.63) is 53.0 Å². The summed E-state index contributed by atoms with van der Waals surface area (Å²) in [6, 6.07) is 7.30. The number of aryl methyl sites for hydroxylation is 2.